The lowest BCUT2D eigenvalue weighted by Crippen LogP contribution is -2.28. The molecular formula is C22H24N2O7. The van der Waals surface area contributed by atoms with Crippen molar-refractivity contribution in [1.82, 2.24) is 0 Å². The first-order valence-corrected chi connectivity index (χ1v) is 9.58. The van der Waals surface area contributed by atoms with Crippen LogP contribution in [0.3, 0.4) is 0 Å². The van der Waals surface area contributed by atoms with Gasteiger partial charge in [0, 0.05) is 24.7 Å². The van der Waals surface area contributed by atoms with E-state index in [2.05, 4.69) is 5.32 Å². The van der Waals surface area contributed by atoms with Gasteiger partial charge in [-0.25, -0.2) is 0 Å². The minimum Gasteiger partial charge on any atom is -0.497 e. The van der Waals surface area contributed by atoms with Gasteiger partial charge in [0.15, 0.2) is 6.61 Å². The molecule has 9 nitrogen and oxygen atoms in total. The van der Waals surface area contributed by atoms with E-state index < -0.39 is 24.4 Å². The average molecular weight is 428 g/mol. The van der Waals surface area contributed by atoms with Gasteiger partial charge >= 0.3 is 5.97 Å². The number of amides is 2. The SMILES string of the molecule is COc1ccc(N2C[C@H](C(=O)OCC(=O)Nc3ccc(OC)cc3OC)CC2=O)cc1. The van der Waals surface area contributed by atoms with Gasteiger partial charge in [-0.15, -0.1) is 0 Å². The number of benzene rings is 2. The van der Waals surface area contributed by atoms with E-state index in [0.29, 0.717) is 28.6 Å². The van der Waals surface area contributed by atoms with Gasteiger partial charge < -0.3 is 29.2 Å². The first-order chi connectivity index (χ1) is 14.9. The number of nitrogens with one attached hydrogen (secondary N) is 1. The quantitative estimate of drug-likeness (QED) is 0.643. The lowest BCUT2D eigenvalue weighted by Gasteiger charge is -2.17. The Labute approximate surface area is 179 Å². The van der Waals surface area contributed by atoms with Crippen molar-refractivity contribution in [2.24, 2.45) is 5.92 Å². The highest BCUT2D eigenvalue weighted by Crippen LogP contribution is 2.29. The van der Waals surface area contributed by atoms with Crippen LogP contribution in [-0.2, 0) is 19.1 Å². The lowest BCUT2D eigenvalue weighted by atomic mass is 10.1. The number of hydrogen-bond acceptors (Lipinski definition) is 7. The van der Waals surface area contributed by atoms with E-state index in [1.165, 1.54) is 19.1 Å². The van der Waals surface area contributed by atoms with Crippen LogP contribution in [0.25, 0.3) is 0 Å². The summed E-state index contributed by atoms with van der Waals surface area (Å²) in [4.78, 5) is 38.4. The zero-order valence-corrected chi connectivity index (χ0v) is 17.5. The molecule has 0 unspecified atom stereocenters. The predicted molar refractivity (Wildman–Crippen MR) is 113 cm³/mol. The van der Waals surface area contributed by atoms with Gasteiger partial charge in [-0.2, -0.15) is 0 Å². The van der Waals surface area contributed by atoms with Crippen molar-refractivity contribution in [3.63, 3.8) is 0 Å². The van der Waals surface area contributed by atoms with Crippen molar-refractivity contribution in [2.45, 2.75) is 6.42 Å². The summed E-state index contributed by atoms with van der Waals surface area (Å²) in [6, 6.07) is 11.9. The summed E-state index contributed by atoms with van der Waals surface area (Å²) in [5.41, 5.74) is 1.09. The molecule has 0 radical (unpaired) electrons. The van der Waals surface area contributed by atoms with Crippen LogP contribution in [0, 0.1) is 5.92 Å². The summed E-state index contributed by atoms with van der Waals surface area (Å²) in [5.74, 6) is -0.276. The molecule has 9 heteroatoms. The molecule has 1 heterocycles. The van der Waals surface area contributed by atoms with Crippen LogP contribution < -0.4 is 24.4 Å². The fraction of sp³-hybridized carbons (Fsp3) is 0.318. The molecule has 0 aromatic heterocycles. The number of carbonyl (C=O) groups is 3. The van der Waals surface area contributed by atoms with Crippen LogP contribution in [0.4, 0.5) is 11.4 Å². The van der Waals surface area contributed by atoms with Crippen molar-refractivity contribution >= 4 is 29.2 Å². The number of ether oxygens (including phenoxy) is 4. The Morgan fingerprint density at radius 2 is 1.68 bits per heavy atom. The largest absolute Gasteiger partial charge is 0.497 e. The van der Waals surface area contributed by atoms with Crippen LogP contribution in [0.15, 0.2) is 42.5 Å². The summed E-state index contributed by atoms with van der Waals surface area (Å²) >= 11 is 0. The van der Waals surface area contributed by atoms with E-state index in [4.69, 9.17) is 18.9 Å². The molecule has 164 valence electrons. The summed E-state index contributed by atoms with van der Waals surface area (Å²) in [5, 5.41) is 2.63. The molecule has 1 atom stereocenters. The molecular weight excluding hydrogens is 404 g/mol. The molecule has 0 aliphatic carbocycles. The van der Waals surface area contributed by atoms with Gasteiger partial charge in [-0.3, -0.25) is 14.4 Å². The molecule has 0 bridgehead atoms. The highest BCUT2D eigenvalue weighted by molar-refractivity contribution is 6.00. The Hall–Kier alpha value is -3.75. The van der Waals surface area contributed by atoms with E-state index in [-0.39, 0.29) is 18.9 Å². The summed E-state index contributed by atoms with van der Waals surface area (Å²) in [6.45, 7) is -0.279. The summed E-state index contributed by atoms with van der Waals surface area (Å²) < 4.78 is 20.6. The summed E-state index contributed by atoms with van der Waals surface area (Å²) in [6.07, 6.45) is 0.0266. The van der Waals surface area contributed by atoms with Crippen molar-refractivity contribution < 1.29 is 33.3 Å². The first kappa shape index (κ1) is 21.9. The Bertz CT molecular complexity index is 959. The van der Waals surface area contributed by atoms with Crippen molar-refractivity contribution in [2.75, 3.05) is 44.7 Å². The van der Waals surface area contributed by atoms with Gasteiger partial charge in [0.25, 0.3) is 5.91 Å². The number of hydrogen-bond donors (Lipinski definition) is 1. The van der Waals surface area contributed by atoms with Gasteiger partial charge in [-0.05, 0) is 36.4 Å². The highest BCUT2D eigenvalue weighted by Gasteiger charge is 2.36. The molecule has 0 saturated carbocycles. The fourth-order valence-corrected chi connectivity index (χ4v) is 3.22. The minimum absolute atomic E-state index is 0.0266. The molecule has 1 saturated heterocycles. The minimum atomic E-state index is -0.641. The number of anilines is 2. The normalized spacial score (nSPS) is 15.4. The van der Waals surface area contributed by atoms with Crippen LogP contribution in [0.2, 0.25) is 0 Å². The van der Waals surface area contributed by atoms with E-state index in [1.807, 2.05) is 0 Å². The van der Waals surface area contributed by atoms with Crippen molar-refractivity contribution in [3.8, 4) is 17.2 Å². The third-order valence-corrected chi connectivity index (χ3v) is 4.87. The second-order valence-electron chi connectivity index (χ2n) is 6.83. The molecule has 1 aliphatic heterocycles. The van der Waals surface area contributed by atoms with Gasteiger partial charge in [0.05, 0.1) is 32.9 Å². The van der Waals surface area contributed by atoms with Gasteiger partial charge in [0.1, 0.15) is 17.2 Å². The predicted octanol–water partition coefficient (Wildman–Crippen LogP) is 2.25. The molecule has 2 aromatic rings. The second kappa shape index (κ2) is 9.84. The summed E-state index contributed by atoms with van der Waals surface area (Å²) in [7, 11) is 4.55. The molecule has 2 amide bonds. The monoisotopic (exact) mass is 428 g/mol. The van der Waals surface area contributed by atoms with Crippen LogP contribution in [0.5, 0.6) is 17.2 Å². The molecule has 1 fully saturated rings. The zero-order chi connectivity index (χ0) is 22.4. The molecule has 2 aromatic carbocycles. The second-order valence-corrected chi connectivity index (χ2v) is 6.83. The van der Waals surface area contributed by atoms with E-state index in [9.17, 15) is 14.4 Å². The number of carbonyl (C=O) groups excluding carboxylic acids is 3. The van der Waals surface area contributed by atoms with Crippen LogP contribution >= 0.6 is 0 Å². The smallest absolute Gasteiger partial charge is 0.311 e. The standard InChI is InChI=1S/C22H24N2O7/c1-28-16-6-4-15(5-7-16)24-12-14(10-21(24)26)22(27)31-13-20(25)23-18-9-8-17(29-2)11-19(18)30-3/h4-9,11,14H,10,12-13H2,1-3H3,(H,23,25)/t14-/m1/s1. The third-order valence-electron chi connectivity index (χ3n) is 4.87. The maximum atomic E-state index is 12.4. The fourth-order valence-electron chi connectivity index (χ4n) is 3.22. The van der Waals surface area contributed by atoms with Crippen molar-refractivity contribution in [3.05, 3.63) is 42.5 Å². The Morgan fingerprint density at radius 1 is 1.00 bits per heavy atom. The zero-order valence-electron chi connectivity index (χ0n) is 17.5. The van der Waals surface area contributed by atoms with E-state index in [0.717, 1.165) is 0 Å². The Balaban J connectivity index is 1.53. The maximum Gasteiger partial charge on any atom is 0.311 e. The molecule has 1 aliphatic rings. The lowest BCUT2D eigenvalue weighted by molar-refractivity contribution is -0.151. The molecule has 3 rings (SSSR count). The third kappa shape index (κ3) is 5.25. The van der Waals surface area contributed by atoms with Crippen LogP contribution in [-0.4, -0.2) is 52.3 Å². The number of nitrogens with zero attached hydrogens (tertiary/aromatic N) is 1. The molecule has 0 spiro atoms. The molecule has 1 N–H and O–H groups in total. The van der Waals surface area contributed by atoms with Gasteiger partial charge in [0.2, 0.25) is 5.91 Å². The Kier molecular flexibility index (Phi) is 6.96. The van der Waals surface area contributed by atoms with Crippen molar-refractivity contribution in [1.29, 1.82) is 0 Å². The average Bonchev–Trinajstić information content (AvgIpc) is 3.19. The topological polar surface area (TPSA) is 103 Å². The number of esters is 1. The Morgan fingerprint density at radius 3 is 2.32 bits per heavy atom. The first-order valence-electron chi connectivity index (χ1n) is 9.58. The number of methoxy groups -OCH3 is 3. The maximum absolute atomic E-state index is 12.4. The molecule has 31 heavy (non-hydrogen) atoms. The highest BCUT2D eigenvalue weighted by atomic mass is 16.5. The van der Waals surface area contributed by atoms with Gasteiger partial charge in [-0.1, -0.05) is 0 Å². The number of rotatable bonds is 8. The van der Waals surface area contributed by atoms with E-state index in [1.54, 1.807) is 49.6 Å². The van der Waals surface area contributed by atoms with E-state index >= 15 is 0 Å². The van der Waals surface area contributed by atoms with Crippen LogP contribution in [0.1, 0.15) is 6.42 Å².